The lowest BCUT2D eigenvalue weighted by molar-refractivity contribution is -0.115. The number of thioether (sulfide) groups is 1. The highest BCUT2D eigenvalue weighted by molar-refractivity contribution is 9.10. The quantitative estimate of drug-likeness (QED) is 0.643. The predicted molar refractivity (Wildman–Crippen MR) is 88.9 cm³/mol. The van der Waals surface area contributed by atoms with E-state index in [1.165, 1.54) is 11.8 Å². The number of halogens is 1. The molecule has 5 heteroatoms. The van der Waals surface area contributed by atoms with Crippen molar-refractivity contribution < 1.29 is 4.79 Å². The first kappa shape index (κ1) is 14.9. The van der Waals surface area contributed by atoms with E-state index in [1.54, 1.807) is 0 Å². The number of amides is 1. The highest BCUT2D eigenvalue weighted by Crippen LogP contribution is 2.26. The number of rotatable bonds is 4. The van der Waals surface area contributed by atoms with Crippen LogP contribution in [0.4, 0.5) is 11.4 Å². The third-order valence-corrected chi connectivity index (χ3v) is 4.50. The van der Waals surface area contributed by atoms with Crippen molar-refractivity contribution in [2.24, 2.45) is 0 Å². The van der Waals surface area contributed by atoms with Gasteiger partial charge < -0.3 is 11.1 Å². The second-order valence-electron chi connectivity index (χ2n) is 4.30. The van der Waals surface area contributed by atoms with Crippen LogP contribution in [-0.2, 0) is 4.79 Å². The maximum absolute atomic E-state index is 12.2. The molecule has 1 atom stereocenters. The summed E-state index contributed by atoms with van der Waals surface area (Å²) in [6, 6.07) is 15.1. The number of hydrogen-bond acceptors (Lipinski definition) is 3. The smallest absolute Gasteiger partial charge is 0.237 e. The zero-order valence-electron chi connectivity index (χ0n) is 11.0. The zero-order chi connectivity index (χ0) is 14.5. The van der Waals surface area contributed by atoms with E-state index < -0.39 is 0 Å². The Morgan fingerprint density at radius 2 is 1.85 bits per heavy atom. The molecule has 2 rings (SSSR count). The number of nitrogens with two attached hydrogens (primary N) is 1. The van der Waals surface area contributed by atoms with E-state index >= 15 is 0 Å². The molecular weight excluding hydrogens is 336 g/mol. The summed E-state index contributed by atoms with van der Waals surface area (Å²) in [5.74, 6) is -0.0290. The van der Waals surface area contributed by atoms with Crippen molar-refractivity contribution in [3.05, 3.63) is 53.0 Å². The van der Waals surface area contributed by atoms with Crippen LogP contribution in [0.5, 0.6) is 0 Å². The van der Waals surface area contributed by atoms with Gasteiger partial charge in [-0.3, -0.25) is 4.79 Å². The van der Waals surface area contributed by atoms with Crippen LogP contribution < -0.4 is 11.1 Å². The highest BCUT2D eigenvalue weighted by atomic mass is 79.9. The molecule has 1 amide bonds. The van der Waals surface area contributed by atoms with Gasteiger partial charge in [0, 0.05) is 15.1 Å². The first-order valence-electron chi connectivity index (χ1n) is 6.14. The van der Waals surface area contributed by atoms with Gasteiger partial charge >= 0.3 is 0 Å². The Balaban J connectivity index is 1.99. The largest absolute Gasteiger partial charge is 0.399 e. The van der Waals surface area contributed by atoms with Gasteiger partial charge in [0.05, 0.1) is 10.9 Å². The van der Waals surface area contributed by atoms with Gasteiger partial charge in [-0.1, -0.05) is 12.1 Å². The summed E-state index contributed by atoms with van der Waals surface area (Å²) in [4.78, 5) is 13.2. The number of benzene rings is 2. The monoisotopic (exact) mass is 350 g/mol. The first-order valence-corrected chi connectivity index (χ1v) is 7.81. The summed E-state index contributed by atoms with van der Waals surface area (Å²) >= 11 is 4.92. The molecule has 0 unspecified atom stereocenters. The molecule has 0 aliphatic heterocycles. The molecule has 20 heavy (non-hydrogen) atoms. The SMILES string of the molecule is C[C@H](Sc1ccc(N)cc1)C(=O)Nc1ccccc1Br. The fraction of sp³-hybridized carbons (Fsp3) is 0.133. The number of anilines is 2. The van der Waals surface area contributed by atoms with Crippen molar-refractivity contribution in [1.29, 1.82) is 0 Å². The van der Waals surface area contributed by atoms with E-state index in [2.05, 4.69) is 21.2 Å². The van der Waals surface area contributed by atoms with Gasteiger partial charge in [0.1, 0.15) is 0 Å². The molecule has 104 valence electrons. The van der Waals surface area contributed by atoms with Crippen LogP contribution in [0.15, 0.2) is 57.9 Å². The van der Waals surface area contributed by atoms with Gasteiger partial charge in [-0.05, 0) is 59.3 Å². The average Bonchev–Trinajstić information content (AvgIpc) is 2.44. The molecule has 0 aliphatic rings. The number of carbonyl (C=O) groups is 1. The Hall–Kier alpha value is -1.46. The molecule has 0 aromatic heterocycles. The van der Waals surface area contributed by atoms with Crippen LogP contribution in [-0.4, -0.2) is 11.2 Å². The standard InChI is InChI=1S/C15H15BrN2OS/c1-10(20-12-8-6-11(17)7-9-12)15(19)18-14-5-3-2-4-13(14)16/h2-10H,17H2,1H3,(H,18,19)/t10-/m0/s1. The fourth-order valence-electron chi connectivity index (χ4n) is 1.60. The minimum Gasteiger partial charge on any atom is -0.399 e. The maximum Gasteiger partial charge on any atom is 0.237 e. The number of nitrogens with one attached hydrogen (secondary N) is 1. The normalized spacial score (nSPS) is 11.9. The van der Waals surface area contributed by atoms with Crippen molar-refractivity contribution in [3.63, 3.8) is 0 Å². The third kappa shape index (κ3) is 4.02. The molecule has 2 aromatic carbocycles. The van der Waals surface area contributed by atoms with E-state index in [0.29, 0.717) is 0 Å². The van der Waals surface area contributed by atoms with Gasteiger partial charge in [-0.25, -0.2) is 0 Å². The van der Waals surface area contributed by atoms with Gasteiger partial charge in [0.15, 0.2) is 0 Å². The lowest BCUT2D eigenvalue weighted by Gasteiger charge is -2.13. The molecule has 3 nitrogen and oxygen atoms in total. The maximum atomic E-state index is 12.2. The average molecular weight is 351 g/mol. The predicted octanol–water partition coefficient (Wildman–Crippen LogP) is 4.15. The topological polar surface area (TPSA) is 55.1 Å². The van der Waals surface area contributed by atoms with E-state index in [-0.39, 0.29) is 11.2 Å². The van der Waals surface area contributed by atoms with Crippen molar-refractivity contribution in [3.8, 4) is 0 Å². The summed E-state index contributed by atoms with van der Waals surface area (Å²) in [5.41, 5.74) is 7.14. The number of para-hydroxylation sites is 1. The number of carbonyl (C=O) groups excluding carboxylic acids is 1. The molecule has 0 radical (unpaired) electrons. The molecule has 0 bridgehead atoms. The molecular formula is C15H15BrN2OS. The summed E-state index contributed by atoms with van der Waals surface area (Å²) < 4.78 is 0.873. The lowest BCUT2D eigenvalue weighted by Crippen LogP contribution is -2.22. The second kappa shape index (κ2) is 6.81. The summed E-state index contributed by atoms with van der Waals surface area (Å²) in [6.45, 7) is 1.88. The highest BCUT2D eigenvalue weighted by Gasteiger charge is 2.15. The molecule has 0 heterocycles. The van der Waals surface area contributed by atoms with E-state index in [9.17, 15) is 4.79 Å². The Kier molecular flexibility index (Phi) is 5.09. The number of hydrogen-bond donors (Lipinski definition) is 2. The van der Waals surface area contributed by atoms with Gasteiger partial charge in [-0.2, -0.15) is 0 Å². The number of nitrogen functional groups attached to an aromatic ring is 1. The Bertz CT molecular complexity index is 601. The van der Waals surface area contributed by atoms with E-state index in [0.717, 1.165) is 20.7 Å². The van der Waals surface area contributed by atoms with E-state index in [4.69, 9.17) is 5.73 Å². The van der Waals surface area contributed by atoms with Crippen LogP contribution in [0, 0.1) is 0 Å². The van der Waals surface area contributed by atoms with Gasteiger partial charge in [0.25, 0.3) is 0 Å². The molecule has 0 saturated carbocycles. The Morgan fingerprint density at radius 3 is 2.50 bits per heavy atom. The second-order valence-corrected chi connectivity index (χ2v) is 6.57. The minimum atomic E-state index is -0.189. The molecule has 0 saturated heterocycles. The van der Waals surface area contributed by atoms with Crippen molar-refractivity contribution in [2.75, 3.05) is 11.1 Å². The van der Waals surface area contributed by atoms with Crippen molar-refractivity contribution in [2.45, 2.75) is 17.1 Å². The summed E-state index contributed by atoms with van der Waals surface area (Å²) in [7, 11) is 0. The summed E-state index contributed by atoms with van der Waals surface area (Å²) in [6.07, 6.45) is 0. The molecule has 0 fully saturated rings. The molecule has 2 aromatic rings. The van der Waals surface area contributed by atoms with Crippen LogP contribution in [0.25, 0.3) is 0 Å². The van der Waals surface area contributed by atoms with Crippen LogP contribution in [0.3, 0.4) is 0 Å². The van der Waals surface area contributed by atoms with Gasteiger partial charge in [-0.15, -0.1) is 11.8 Å². The molecule has 0 aliphatic carbocycles. The zero-order valence-corrected chi connectivity index (χ0v) is 13.4. The first-order chi connectivity index (χ1) is 9.56. The third-order valence-electron chi connectivity index (χ3n) is 2.69. The molecule has 0 spiro atoms. The summed E-state index contributed by atoms with van der Waals surface area (Å²) in [5, 5.41) is 2.72. The van der Waals surface area contributed by atoms with Gasteiger partial charge in [0.2, 0.25) is 5.91 Å². The Labute approximate surface area is 131 Å². The fourth-order valence-corrected chi connectivity index (χ4v) is 2.85. The van der Waals surface area contributed by atoms with Crippen LogP contribution >= 0.6 is 27.7 Å². The Morgan fingerprint density at radius 1 is 1.20 bits per heavy atom. The van der Waals surface area contributed by atoms with Crippen LogP contribution in [0.1, 0.15) is 6.92 Å². The van der Waals surface area contributed by atoms with Crippen molar-refractivity contribution >= 4 is 45.0 Å². The molecule has 3 N–H and O–H groups in total. The van der Waals surface area contributed by atoms with Crippen molar-refractivity contribution in [1.82, 2.24) is 0 Å². The minimum absolute atomic E-state index is 0.0290. The van der Waals surface area contributed by atoms with E-state index in [1.807, 2.05) is 55.5 Å². The van der Waals surface area contributed by atoms with Crippen LogP contribution in [0.2, 0.25) is 0 Å². The lowest BCUT2D eigenvalue weighted by atomic mass is 10.3.